The Bertz CT molecular complexity index is 638. The first kappa shape index (κ1) is 18.8. The second-order valence-electron chi connectivity index (χ2n) is 5.45. The van der Waals surface area contributed by atoms with E-state index >= 15 is 0 Å². The van der Waals surface area contributed by atoms with Crippen molar-refractivity contribution in [3.8, 4) is 10.6 Å². The van der Waals surface area contributed by atoms with E-state index in [1.807, 2.05) is 37.0 Å². The Balaban J connectivity index is 1.86. The summed E-state index contributed by atoms with van der Waals surface area (Å²) in [6.07, 6.45) is 4.55. The minimum Gasteiger partial charge on any atom is -0.356 e. The Morgan fingerprint density at radius 1 is 1.21 bits per heavy atom. The molecule has 1 heterocycles. The fourth-order valence-electron chi connectivity index (χ4n) is 2.26. The Morgan fingerprint density at radius 3 is 2.71 bits per heavy atom. The van der Waals surface area contributed by atoms with E-state index in [-0.39, 0.29) is 0 Å². The molecule has 2 aromatic rings. The van der Waals surface area contributed by atoms with Crippen molar-refractivity contribution in [3.63, 3.8) is 0 Å². The van der Waals surface area contributed by atoms with Gasteiger partial charge in [-0.3, -0.25) is 4.99 Å². The van der Waals surface area contributed by atoms with Gasteiger partial charge in [-0.05, 0) is 31.8 Å². The van der Waals surface area contributed by atoms with Gasteiger partial charge in [-0.1, -0.05) is 30.3 Å². The molecule has 0 spiro atoms. The van der Waals surface area contributed by atoms with Gasteiger partial charge in [-0.25, -0.2) is 4.98 Å². The Morgan fingerprint density at radius 2 is 2.00 bits per heavy atom. The molecule has 0 bridgehead atoms. The predicted molar refractivity (Wildman–Crippen MR) is 108 cm³/mol. The van der Waals surface area contributed by atoms with Gasteiger partial charge in [-0.15, -0.1) is 11.3 Å². The third kappa shape index (κ3) is 5.83. The molecule has 0 unspecified atom stereocenters. The number of aromatic nitrogens is 1. The van der Waals surface area contributed by atoms with Crippen molar-refractivity contribution in [1.82, 2.24) is 15.6 Å². The van der Waals surface area contributed by atoms with Gasteiger partial charge in [0.05, 0.1) is 12.2 Å². The average molecular weight is 363 g/mol. The smallest absolute Gasteiger partial charge is 0.191 e. The maximum atomic E-state index is 4.70. The van der Waals surface area contributed by atoms with Crippen molar-refractivity contribution in [1.29, 1.82) is 0 Å². The summed E-state index contributed by atoms with van der Waals surface area (Å²) in [5.74, 6) is 2.07. The highest BCUT2D eigenvalue weighted by Gasteiger charge is 2.09. The molecule has 0 atom stereocenters. The first-order chi connectivity index (χ1) is 11.7. The van der Waals surface area contributed by atoms with Crippen LogP contribution < -0.4 is 10.6 Å². The normalized spacial score (nSPS) is 11.5. The minimum atomic E-state index is 0.751. The molecular formula is C18H26N4S2. The molecule has 0 saturated heterocycles. The molecule has 0 amide bonds. The lowest BCUT2D eigenvalue weighted by atomic mass is 10.2. The largest absolute Gasteiger partial charge is 0.356 e. The fourth-order valence-corrected chi connectivity index (χ4v) is 3.76. The molecule has 1 aromatic carbocycles. The molecule has 1 aromatic heterocycles. The van der Waals surface area contributed by atoms with Crippen molar-refractivity contribution in [3.05, 3.63) is 40.9 Å². The van der Waals surface area contributed by atoms with Crippen molar-refractivity contribution < 1.29 is 0 Å². The maximum absolute atomic E-state index is 4.70. The molecule has 0 aliphatic carbocycles. The lowest BCUT2D eigenvalue weighted by Gasteiger charge is -2.11. The van der Waals surface area contributed by atoms with Gasteiger partial charge >= 0.3 is 0 Å². The number of benzene rings is 1. The van der Waals surface area contributed by atoms with Crippen molar-refractivity contribution >= 4 is 29.1 Å². The number of guanidine groups is 1. The standard InChI is InChI=1S/C18H26N4S2/c1-14-16(24-17(22-14)15-9-5-4-6-10-15)13-21-18(19-2)20-11-7-8-12-23-3/h4-6,9-10H,7-8,11-13H2,1-3H3,(H2,19,20,21). The summed E-state index contributed by atoms with van der Waals surface area (Å²) in [6.45, 7) is 3.77. The number of nitrogens with one attached hydrogen (secondary N) is 2. The van der Waals surface area contributed by atoms with Crippen LogP contribution in [0.1, 0.15) is 23.4 Å². The van der Waals surface area contributed by atoms with E-state index in [9.17, 15) is 0 Å². The highest BCUT2D eigenvalue weighted by Crippen LogP contribution is 2.27. The van der Waals surface area contributed by atoms with E-state index in [1.165, 1.54) is 29.0 Å². The zero-order chi connectivity index (χ0) is 17.2. The van der Waals surface area contributed by atoms with Crippen LogP contribution in [0.4, 0.5) is 0 Å². The number of nitrogens with zero attached hydrogens (tertiary/aromatic N) is 2. The molecule has 24 heavy (non-hydrogen) atoms. The van der Waals surface area contributed by atoms with Crippen molar-refractivity contribution in [2.45, 2.75) is 26.3 Å². The van der Waals surface area contributed by atoms with Gasteiger partial charge in [0.2, 0.25) is 0 Å². The van der Waals surface area contributed by atoms with Crippen LogP contribution in [0, 0.1) is 6.92 Å². The van der Waals surface area contributed by atoms with Gasteiger partial charge in [-0.2, -0.15) is 11.8 Å². The second kappa shape index (κ2) is 10.4. The summed E-state index contributed by atoms with van der Waals surface area (Å²) in [4.78, 5) is 10.2. The van der Waals surface area contributed by atoms with Crippen LogP contribution in [-0.4, -0.2) is 36.5 Å². The molecule has 2 rings (SSSR count). The molecule has 0 fully saturated rings. The summed E-state index contributed by atoms with van der Waals surface area (Å²) < 4.78 is 0. The van der Waals surface area contributed by atoms with Crippen LogP contribution >= 0.6 is 23.1 Å². The van der Waals surface area contributed by atoms with Crippen LogP contribution in [0.15, 0.2) is 35.3 Å². The average Bonchev–Trinajstić information content (AvgIpc) is 2.99. The summed E-state index contributed by atoms with van der Waals surface area (Å²) >= 11 is 3.64. The lowest BCUT2D eigenvalue weighted by Crippen LogP contribution is -2.37. The fraction of sp³-hybridized carbons (Fsp3) is 0.444. The molecule has 130 valence electrons. The van der Waals surface area contributed by atoms with Crippen LogP contribution in [-0.2, 0) is 6.54 Å². The Labute approximate surface area is 153 Å². The predicted octanol–water partition coefficient (Wildman–Crippen LogP) is 3.93. The molecule has 0 saturated carbocycles. The third-order valence-electron chi connectivity index (χ3n) is 3.62. The molecule has 0 radical (unpaired) electrons. The number of unbranched alkanes of at least 4 members (excludes halogenated alkanes) is 1. The Hall–Kier alpha value is -1.53. The van der Waals surface area contributed by atoms with Gasteiger partial charge in [0.15, 0.2) is 5.96 Å². The van der Waals surface area contributed by atoms with Gasteiger partial charge < -0.3 is 10.6 Å². The van der Waals surface area contributed by atoms with Gasteiger partial charge in [0.1, 0.15) is 5.01 Å². The number of aliphatic imine (C=N–C) groups is 1. The van der Waals surface area contributed by atoms with E-state index in [0.717, 1.165) is 29.8 Å². The number of thioether (sulfide) groups is 1. The lowest BCUT2D eigenvalue weighted by molar-refractivity contribution is 0.734. The van der Waals surface area contributed by atoms with Crippen LogP contribution in [0.3, 0.4) is 0 Å². The van der Waals surface area contributed by atoms with E-state index in [2.05, 4.69) is 40.9 Å². The quantitative estimate of drug-likeness (QED) is 0.424. The second-order valence-corrected chi connectivity index (χ2v) is 7.52. The monoisotopic (exact) mass is 362 g/mol. The number of rotatable bonds is 8. The topological polar surface area (TPSA) is 49.3 Å². The zero-order valence-corrected chi connectivity index (χ0v) is 16.3. The summed E-state index contributed by atoms with van der Waals surface area (Å²) in [5, 5.41) is 7.83. The van der Waals surface area contributed by atoms with Gasteiger partial charge in [0, 0.05) is 24.0 Å². The molecule has 0 aliphatic heterocycles. The zero-order valence-electron chi connectivity index (χ0n) is 14.6. The summed E-state index contributed by atoms with van der Waals surface area (Å²) in [6, 6.07) is 10.3. The van der Waals surface area contributed by atoms with E-state index < -0.39 is 0 Å². The first-order valence-corrected chi connectivity index (χ1v) is 10.4. The number of hydrogen-bond donors (Lipinski definition) is 2. The van der Waals surface area contributed by atoms with Crippen LogP contribution in [0.5, 0.6) is 0 Å². The van der Waals surface area contributed by atoms with E-state index in [4.69, 9.17) is 4.98 Å². The number of thiazole rings is 1. The number of aryl methyl sites for hydroxylation is 1. The summed E-state index contributed by atoms with van der Waals surface area (Å²) in [5.41, 5.74) is 2.26. The highest BCUT2D eigenvalue weighted by molar-refractivity contribution is 7.98. The number of hydrogen-bond acceptors (Lipinski definition) is 4. The van der Waals surface area contributed by atoms with Gasteiger partial charge in [0.25, 0.3) is 0 Å². The SMILES string of the molecule is CN=C(NCCCCSC)NCc1sc(-c2ccccc2)nc1C. The maximum Gasteiger partial charge on any atom is 0.191 e. The van der Waals surface area contributed by atoms with E-state index in [0.29, 0.717) is 0 Å². The van der Waals surface area contributed by atoms with Crippen molar-refractivity contribution in [2.24, 2.45) is 4.99 Å². The van der Waals surface area contributed by atoms with E-state index in [1.54, 1.807) is 11.3 Å². The minimum absolute atomic E-state index is 0.751. The van der Waals surface area contributed by atoms with Crippen LogP contribution in [0.25, 0.3) is 10.6 Å². The third-order valence-corrected chi connectivity index (χ3v) is 5.52. The molecule has 4 nitrogen and oxygen atoms in total. The Kier molecular flexibility index (Phi) is 8.12. The highest BCUT2D eigenvalue weighted by atomic mass is 32.2. The van der Waals surface area contributed by atoms with Crippen molar-refractivity contribution in [2.75, 3.05) is 25.6 Å². The van der Waals surface area contributed by atoms with Crippen LogP contribution in [0.2, 0.25) is 0 Å². The summed E-state index contributed by atoms with van der Waals surface area (Å²) in [7, 11) is 1.81. The first-order valence-electron chi connectivity index (χ1n) is 8.19. The molecule has 2 N–H and O–H groups in total. The molecule has 6 heteroatoms. The molecule has 0 aliphatic rings. The molecular weight excluding hydrogens is 336 g/mol.